The van der Waals surface area contributed by atoms with Gasteiger partial charge >= 0.3 is 0 Å². The van der Waals surface area contributed by atoms with Crippen LogP contribution < -0.4 is 16.0 Å². The molecule has 1 atom stereocenters. The van der Waals surface area contributed by atoms with E-state index in [4.69, 9.17) is 4.42 Å². The lowest BCUT2D eigenvalue weighted by atomic mass is 10.2. The minimum atomic E-state index is -2.98. The number of hydrogen-bond acceptors (Lipinski definition) is 5. The summed E-state index contributed by atoms with van der Waals surface area (Å²) in [6, 6.07) is 3.50. The monoisotopic (exact) mass is 356 g/mol. The van der Waals surface area contributed by atoms with Crippen LogP contribution in [0.25, 0.3) is 0 Å². The predicted molar refractivity (Wildman–Crippen MR) is 91.6 cm³/mol. The molecule has 2 heterocycles. The molecular formula is C15H24N4O4S. The molecule has 134 valence electrons. The van der Waals surface area contributed by atoms with Crippen molar-refractivity contribution in [3.8, 4) is 0 Å². The van der Waals surface area contributed by atoms with Gasteiger partial charge in [-0.25, -0.2) is 8.42 Å². The van der Waals surface area contributed by atoms with Gasteiger partial charge in [0.15, 0.2) is 15.8 Å². The molecule has 0 aliphatic carbocycles. The van der Waals surface area contributed by atoms with Crippen molar-refractivity contribution in [2.45, 2.75) is 25.3 Å². The smallest absolute Gasteiger partial charge is 0.222 e. The van der Waals surface area contributed by atoms with E-state index in [2.05, 4.69) is 20.9 Å². The normalized spacial score (nSPS) is 19.9. The number of carbonyl (C=O) groups is 1. The van der Waals surface area contributed by atoms with Gasteiger partial charge in [-0.15, -0.1) is 0 Å². The van der Waals surface area contributed by atoms with E-state index in [0.29, 0.717) is 25.5 Å². The third-order valence-corrected chi connectivity index (χ3v) is 5.48. The summed E-state index contributed by atoms with van der Waals surface area (Å²) in [5.74, 6) is 1.54. The topological polar surface area (TPSA) is 113 Å². The highest BCUT2D eigenvalue weighted by Crippen LogP contribution is 2.11. The second-order valence-electron chi connectivity index (χ2n) is 5.67. The molecule has 2 rings (SSSR count). The summed E-state index contributed by atoms with van der Waals surface area (Å²) in [5, 5.41) is 8.94. The Hall–Kier alpha value is -2.03. The van der Waals surface area contributed by atoms with Gasteiger partial charge < -0.3 is 20.4 Å². The third-order valence-electron chi connectivity index (χ3n) is 3.71. The fourth-order valence-corrected chi connectivity index (χ4v) is 4.16. The van der Waals surface area contributed by atoms with E-state index in [-0.39, 0.29) is 29.9 Å². The van der Waals surface area contributed by atoms with Crippen LogP contribution in [0.1, 0.15) is 18.6 Å². The second-order valence-corrected chi connectivity index (χ2v) is 7.90. The Labute approximate surface area is 142 Å². The number of aliphatic imine (C=N–C) groups is 1. The molecule has 1 aliphatic heterocycles. The van der Waals surface area contributed by atoms with E-state index < -0.39 is 9.84 Å². The Morgan fingerprint density at radius 3 is 2.79 bits per heavy atom. The van der Waals surface area contributed by atoms with Gasteiger partial charge in [0.25, 0.3) is 0 Å². The largest absolute Gasteiger partial charge is 0.469 e. The number of carbonyl (C=O) groups excluding carboxylic acids is 1. The van der Waals surface area contributed by atoms with Crippen LogP contribution in [0.15, 0.2) is 27.8 Å². The van der Waals surface area contributed by atoms with Gasteiger partial charge in [-0.05, 0) is 18.6 Å². The van der Waals surface area contributed by atoms with E-state index in [1.165, 1.54) is 0 Å². The van der Waals surface area contributed by atoms with Crippen LogP contribution in [-0.2, 0) is 21.1 Å². The molecule has 1 unspecified atom stereocenters. The fourth-order valence-electron chi connectivity index (χ4n) is 2.48. The molecule has 1 fully saturated rings. The Kier molecular flexibility index (Phi) is 6.65. The van der Waals surface area contributed by atoms with Gasteiger partial charge in [0.05, 0.1) is 17.8 Å². The predicted octanol–water partition coefficient (Wildman–Crippen LogP) is -0.319. The number of sulfone groups is 1. The number of rotatable bonds is 7. The molecule has 1 aromatic rings. The van der Waals surface area contributed by atoms with Crippen LogP contribution >= 0.6 is 0 Å². The molecule has 1 saturated heterocycles. The molecule has 9 heteroatoms. The van der Waals surface area contributed by atoms with Gasteiger partial charge in [-0.2, -0.15) is 0 Å². The van der Waals surface area contributed by atoms with Crippen LogP contribution in [-0.4, -0.2) is 58.0 Å². The van der Waals surface area contributed by atoms with E-state index in [1.807, 2.05) is 12.1 Å². The summed E-state index contributed by atoms with van der Waals surface area (Å²) >= 11 is 0. The maximum absolute atomic E-state index is 11.8. The minimum absolute atomic E-state index is 0.0438. The zero-order chi connectivity index (χ0) is 17.4. The lowest BCUT2D eigenvalue weighted by Gasteiger charge is -2.13. The average molecular weight is 356 g/mol. The summed E-state index contributed by atoms with van der Waals surface area (Å²) in [6.45, 7) is 1.09. The van der Waals surface area contributed by atoms with Crippen molar-refractivity contribution in [3.05, 3.63) is 24.2 Å². The number of guanidine groups is 1. The molecule has 0 radical (unpaired) electrons. The van der Waals surface area contributed by atoms with E-state index in [1.54, 1.807) is 13.3 Å². The molecule has 1 aromatic heterocycles. The molecule has 1 amide bonds. The molecule has 0 bridgehead atoms. The number of furan rings is 1. The molecule has 1 aliphatic rings. The summed E-state index contributed by atoms with van der Waals surface area (Å²) in [7, 11) is -1.32. The molecule has 8 nitrogen and oxygen atoms in total. The van der Waals surface area contributed by atoms with E-state index in [0.717, 1.165) is 12.2 Å². The zero-order valence-electron chi connectivity index (χ0n) is 13.7. The fraction of sp³-hybridized carbons (Fsp3) is 0.600. The van der Waals surface area contributed by atoms with Crippen molar-refractivity contribution < 1.29 is 17.6 Å². The molecular weight excluding hydrogens is 332 g/mol. The first-order valence-corrected chi connectivity index (χ1v) is 9.77. The Morgan fingerprint density at radius 1 is 1.38 bits per heavy atom. The van der Waals surface area contributed by atoms with Crippen LogP contribution in [0.2, 0.25) is 0 Å². The van der Waals surface area contributed by atoms with Gasteiger partial charge in [0.1, 0.15) is 5.76 Å². The molecule has 0 aromatic carbocycles. The number of amides is 1. The molecule has 24 heavy (non-hydrogen) atoms. The Balaban J connectivity index is 1.60. The van der Waals surface area contributed by atoms with Crippen molar-refractivity contribution in [2.75, 3.05) is 31.6 Å². The zero-order valence-corrected chi connectivity index (χ0v) is 14.6. The first-order chi connectivity index (χ1) is 11.5. The first kappa shape index (κ1) is 18.3. The van der Waals surface area contributed by atoms with Crippen molar-refractivity contribution in [3.63, 3.8) is 0 Å². The maximum Gasteiger partial charge on any atom is 0.222 e. The van der Waals surface area contributed by atoms with Gasteiger partial charge in [0.2, 0.25) is 5.91 Å². The standard InChI is InChI=1S/C15H24N4O4S/c1-16-15(17-7-4-13-3-2-9-23-13)18-8-5-14(20)19-12-6-10-24(21,22)11-12/h2-3,9,12H,4-8,10-11H2,1H3,(H,19,20)(H2,16,17,18). The van der Waals surface area contributed by atoms with Gasteiger partial charge in [-0.1, -0.05) is 0 Å². The van der Waals surface area contributed by atoms with Crippen molar-refractivity contribution in [1.29, 1.82) is 0 Å². The van der Waals surface area contributed by atoms with Gasteiger partial charge in [-0.3, -0.25) is 9.79 Å². The summed E-state index contributed by atoms with van der Waals surface area (Å²) < 4.78 is 28.0. The van der Waals surface area contributed by atoms with Gasteiger partial charge in [0, 0.05) is 39.0 Å². The Bertz CT molecular complexity index is 655. The van der Waals surface area contributed by atoms with E-state index >= 15 is 0 Å². The van der Waals surface area contributed by atoms with Crippen molar-refractivity contribution in [1.82, 2.24) is 16.0 Å². The van der Waals surface area contributed by atoms with Crippen LogP contribution in [0.5, 0.6) is 0 Å². The third kappa shape index (κ3) is 6.23. The number of nitrogens with one attached hydrogen (secondary N) is 3. The Morgan fingerprint density at radius 2 is 2.17 bits per heavy atom. The highest BCUT2D eigenvalue weighted by molar-refractivity contribution is 7.91. The van der Waals surface area contributed by atoms with Crippen LogP contribution in [0, 0.1) is 0 Å². The maximum atomic E-state index is 11.8. The number of hydrogen-bond donors (Lipinski definition) is 3. The highest BCUT2D eigenvalue weighted by Gasteiger charge is 2.28. The molecule has 3 N–H and O–H groups in total. The lowest BCUT2D eigenvalue weighted by Crippen LogP contribution is -2.41. The van der Waals surface area contributed by atoms with E-state index in [9.17, 15) is 13.2 Å². The van der Waals surface area contributed by atoms with Crippen LogP contribution in [0.4, 0.5) is 0 Å². The lowest BCUT2D eigenvalue weighted by molar-refractivity contribution is -0.121. The summed E-state index contributed by atoms with van der Waals surface area (Å²) in [5.41, 5.74) is 0. The molecule has 0 saturated carbocycles. The van der Waals surface area contributed by atoms with Crippen LogP contribution in [0.3, 0.4) is 0 Å². The summed E-state index contributed by atoms with van der Waals surface area (Å²) in [6.07, 6.45) is 3.13. The highest BCUT2D eigenvalue weighted by atomic mass is 32.2. The molecule has 0 spiro atoms. The second kappa shape index (κ2) is 8.72. The van der Waals surface area contributed by atoms with Crippen molar-refractivity contribution >= 4 is 21.7 Å². The quantitative estimate of drug-likeness (QED) is 0.456. The first-order valence-electron chi connectivity index (χ1n) is 7.95. The number of nitrogens with zero attached hydrogens (tertiary/aromatic N) is 1. The summed E-state index contributed by atoms with van der Waals surface area (Å²) in [4.78, 5) is 15.9. The average Bonchev–Trinajstić information content (AvgIpc) is 3.15. The SMILES string of the molecule is CN=C(NCCC(=O)NC1CCS(=O)(=O)C1)NCCc1ccco1. The minimum Gasteiger partial charge on any atom is -0.469 e. The van der Waals surface area contributed by atoms with Crippen molar-refractivity contribution in [2.24, 2.45) is 4.99 Å².